The minimum atomic E-state index is -0.557. The van der Waals surface area contributed by atoms with Gasteiger partial charge in [-0.15, -0.1) is 0 Å². The normalized spacial score (nSPS) is 12.4. The lowest BCUT2D eigenvalue weighted by molar-refractivity contribution is -0.142. The van der Waals surface area contributed by atoms with Crippen molar-refractivity contribution in [3.05, 3.63) is 12.2 Å². The van der Waals surface area contributed by atoms with Gasteiger partial charge in [0.05, 0.1) is 5.92 Å². The number of allylic oxidation sites excluding steroid dienone is 2. The smallest absolute Gasteiger partial charge is 0.306 e. The van der Waals surface area contributed by atoms with E-state index in [0.29, 0.717) is 0 Å². The molecule has 274 valence electrons. The van der Waals surface area contributed by atoms with Crippen molar-refractivity contribution in [1.29, 1.82) is 0 Å². The summed E-state index contributed by atoms with van der Waals surface area (Å²) in [6, 6.07) is 0. The summed E-state index contributed by atoms with van der Waals surface area (Å²) in [5.41, 5.74) is 0. The third kappa shape index (κ3) is 37.7. The summed E-state index contributed by atoms with van der Waals surface area (Å²) in [5.74, 6) is -0.663. The van der Waals surface area contributed by atoms with Crippen LogP contribution in [0.4, 0.5) is 0 Å². The Bertz CT molecular complexity index is 597. The topological polar surface area (TPSA) is 37.3 Å². The molecule has 2 heteroatoms. The molecule has 1 unspecified atom stereocenters. The highest BCUT2D eigenvalue weighted by Crippen LogP contribution is 2.21. The van der Waals surface area contributed by atoms with Crippen LogP contribution in [0.25, 0.3) is 0 Å². The molecular weight excluding hydrogens is 560 g/mol. The summed E-state index contributed by atoms with van der Waals surface area (Å²) in [6.07, 6.45) is 55.7. The summed E-state index contributed by atoms with van der Waals surface area (Å²) < 4.78 is 0. The summed E-state index contributed by atoms with van der Waals surface area (Å²) in [4.78, 5) is 11.7. The monoisotopic (exact) mass is 647 g/mol. The molecule has 0 amide bonds. The van der Waals surface area contributed by atoms with Gasteiger partial charge >= 0.3 is 5.97 Å². The summed E-state index contributed by atoms with van der Waals surface area (Å²) >= 11 is 0. The Morgan fingerprint density at radius 1 is 0.370 bits per heavy atom. The van der Waals surface area contributed by atoms with E-state index >= 15 is 0 Å². The van der Waals surface area contributed by atoms with Gasteiger partial charge in [-0.05, 0) is 38.5 Å². The molecule has 0 heterocycles. The first kappa shape index (κ1) is 45.2. The second-order valence-corrected chi connectivity index (χ2v) is 15.0. The first-order chi connectivity index (χ1) is 22.7. The van der Waals surface area contributed by atoms with Crippen LogP contribution in [0.1, 0.15) is 258 Å². The fourth-order valence-electron chi connectivity index (χ4n) is 7.03. The zero-order chi connectivity index (χ0) is 33.4. The Kier molecular flexibility index (Phi) is 39.7. The Labute approximate surface area is 291 Å². The lowest BCUT2D eigenvalue weighted by Crippen LogP contribution is -2.13. The van der Waals surface area contributed by atoms with Gasteiger partial charge in [0.15, 0.2) is 0 Å². The van der Waals surface area contributed by atoms with Crippen molar-refractivity contribution in [2.45, 2.75) is 258 Å². The van der Waals surface area contributed by atoms with Gasteiger partial charge in [0.1, 0.15) is 0 Å². The molecule has 0 spiro atoms. The Hall–Kier alpha value is -0.790. The maximum Gasteiger partial charge on any atom is 0.306 e. The van der Waals surface area contributed by atoms with Gasteiger partial charge in [-0.1, -0.05) is 231 Å². The van der Waals surface area contributed by atoms with Gasteiger partial charge in [-0.2, -0.15) is 0 Å². The predicted octanol–water partition coefficient (Wildman–Crippen LogP) is 16.1. The molecule has 46 heavy (non-hydrogen) atoms. The molecule has 0 aromatic carbocycles. The quantitative estimate of drug-likeness (QED) is 0.0531. The van der Waals surface area contributed by atoms with E-state index in [0.717, 1.165) is 25.7 Å². The second-order valence-electron chi connectivity index (χ2n) is 15.0. The molecule has 0 rings (SSSR count). The molecule has 0 aliphatic carbocycles. The standard InChI is InChI=1S/C44H86O2/c1-3-5-7-9-11-13-15-17-19-21-23-24-26-28-30-32-34-36-38-40-42-43(44(45)46)41-39-37-35-33-31-29-27-25-22-20-18-16-14-12-10-8-6-4-2/h18,20,43H,3-17,19,21-42H2,1-2H3,(H,45,46). The molecule has 0 aromatic heterocycles. The number of carbonyl (C=O) groups is 1. The number of hydrogen-bond acceptors (Lipinski definition) is 1. The van der Waals surface area contributed by atoms with Crippen LogP contribution in [0.5, 0.6) is 0 Å². The molecule has 0 fully saturated rings. The van der Waals surface area contributed by atoms with Crippen molar-refractivity contribution < 1.29 is 9.90 Å². The Morgan fingerprint density at radius 3 is 0.826 bits per heavy atom. The van der Waals surface area contributed by atoms with Crippen LogP contribution in [0.2, 0.25) is 0 Å². The van der Waals surface area contributed by atoms with Crippen molar-refractivity contribution in [1.82, 2.24) is 0 Å². The van der Waals surface area contributed by atoms with Crippen LogP contribution in [-0.4, -0.2) is 11.1 Å². The molecule has 0 aromatic rings. The van der Waals surface area contributed by atoms with Crippen molar-refractivity contribution >= 4 is 5.97 Å². The van der Waals surface area contributed by atoms with E-state index in [2.05, 4.69) is 26.0 Å². The molecule has 0 saturated carbocycles. The molecule has 1 N–H and O–H groups in total. The molecule has 2 nitrogen and oxygen atoms in total. The number of hydrogen-bond donors (Lipinski definition) is 1. The van der Waals surface area contributed by atoms with E-state index in [1.54, 1.807) is 0 Å². The summed E-state index contributed by atoms with van der Waals surface area (Å²) in [7, 11) is 0. The van der Waals surface area contributed by atoms with Gasteiger partial charge in [0, 0.05) is 0 Å². The number of rotatable bonds is 40. The van der Waals surface area contributed by atoms with Crippen LogP contribution < -0.4 is 0 Å². The summed E-state index contributed by atoms with van der Waals surface area (Å²) in [5, 5.41) is 9.67. The van der Waals surface area contributed by atoms with Crippen LogP contribution in [0.15, 0.2) is 12.2 Å². The van der Waals surface area contributed by atoms with E-state index in [1.165, 1.54) is 218 Å². The van der Waals surface area contributed by atoms with Crippen LogP contribution >= 0.6 is 0 Å². The number of unbranched alkanes of at least 4 members (excludes halogenated alkanes) is 33. The Morgan fingerprint density at radius 2 is 0.587 bits per heavy atom. The van der Waals surface area contributed by atoms with E-state index in [9.17, 15) is 9.90 Å². The van der Waals surface area contributed by atoms with Crippen molar-refractivity contribution in [3.63, 3.8) is 0 Å². The van der Waals surface area contributed by atoms with E-state index in [4.69, 9.17) is 0 Å². The maximum absolute atomic E-state index is 11.7. The fourth-order valence-corrected chi connectivity index (χ4v) is 7.03. The second kappa shape index (κ2) is 40.4. The van der Waals surface area contributed by atoms with Gasteiger partial charge in [-0.25, -0.2) is 0 Å². The first-order valence-electron chi connectivity index (χ1n) is 21.6. The number of carboxylic acids is 1. The molecule has 0 radical (unpaired) electrons. The van der Waals surface area contributed by atoms with E-state index in [1.807, 2.05) is 0 Å². The molecule has 0 aliphatic rings. The molecule has 0 aliphatic heterocycles. The SMILES string of the molecule is CCCCCCCCC=CCCCCCCCCCCC(CCCCCCCCCCCCCCCCCCCCCC)C(=O)O. The van der Waals surface area contributed by atoms with Gasteiger partial charge in [0.2, 0.25) is 0 Å². The Balaban J connectivity index is 3.38. The minimum absolute atomic E-state index is 0.107. The van der Waals surface area contributed by atoms with E-state index < -0.39 is 5.97 Å². The van der Waals surface area contributed by atoms with Crippen LogP contribution in [0, 0.1) is 5.92 Å². The summed E-state index contributed by atoms with van der Waals surface area (Å²) in [6.45, 7) is 4.58. The lowest BCUT2D eigenvalue weighted by atomic mass is 9.94. The fraction of sp³-hybridized carbons (Fsp3) is 0.932. The highest BCUT2D eigenvalue weighted by Gasteiger charge is 2.16. The van der Waals surface area contributed by atoms with Crippen LogP contribution in [-0.2, 0) is 4.79 Å². The zero-order valence-electron chi connectivity index (χ0n) is 32.0. The highest BCUT2D eigenvalue weighted by molar-refractivity contribution is 5.69. The first-order valence-corrected chi connectivity index (χ1v) is 21.6. The van der Waals surface area contributed by atoms with Crippen molar-refractivity contribution in [3.8, 4) is 0 Å². The molecule has 0 saturated heterocycles. The van der Waals surface area contributed by atoms with Gasteiger partial charge in [-0.3, -0.25) is 4.79 Å². The predicted molar refractivity (Wildman–Crippen MR) is 207 cm³/mol. The maximum atomic E-state index is 11.7. The van der Waals surface area contributed by atoms with Gasteiger partial charge < -0.3 is 5.11 Å². The molecule has 1 atom stereocenters. The van der Waals surface area contributed by atoms with Crippen molar-refractivity contribution in [2.75, 3.05) is 0 Å². The highest BCUT2D eigenvalue weighted by atomic mass is 16.4. The third-order valence-corrected chi connectivity index (χ3v) is 10.3. The minimum Gasteiger partial charge on any atom is -0.481 e. The molecule has 0 bridgehead atoms. The average Bonchev–Trinajstić information content (AvgIpc) is 3.05. The molecular formula is C44H86O2. The third-order valence-electron chi connectivity index (χ3n) is 10.3. The van der Waals surface area contributed by atoms with Gasteiger partial charge in [0.25, 0.3) is 0 Å². The largest absolute Gasteiger partial charge is 0.481 e. The average molecular weight is 647 g/mol. The number of aliphatic carboxylic acids is 1. The number of carboxylic acid groups (broad SMARTS) is 1. The lowest BCUT2D eigenvalue weighted by Gasteiger charge is -2.12. The van der Waals surface area contributed by atoms with E-state index in [-0.39, 0.29) is 5.92 Å². The van der Waals surface area contributed by atoms with Crippen LogP contribution in [0.3, 0.4) is 0 Å². The van der Waals surface area contributed by atoms with Crippen molar-refractivity contribution in [2.24, 2.45) is 5.92 Å². The zero-order valence-corrected chi connectivity index (χ0v) is 32.0.